The van der Waals surface area contributed by atoms with Gasteiger partial charge in [-0.2, -0.15) is 0 Å². The molecule has 3 atom stereocenters. The zero-order chi connectivity index (χ0) is 14.0. The highest BCUT2D eigenvalue weighted by atomic mass is 16.2. The van der Waals surface area contributed by atoms with Crippen LogP contribution < -0.4 is 10.6 Å². The van der Waals surface area contributed by atoms with Gasteiger partial charge < -0.3 is 10.6 Å². The summed E-state index contributed by atoms with van der Waals surface area (Å²) in [6, 6.07) is 0. The van der Waals surface area contributed by atoms with Crippen molar-refractivity contribution in [3.63, 3.8) is 0 Å². The quantitative estimate of drug-likeness (QED) is 0.816. The van der Waals surface area contributed by atoms with Crippen LogP contribution in [0.15, 0.2) is 0 Å². The Morgan fingerprint density at radius 3 is 2.37 bits per heavy atom. The van der Waals surface area contributed by atoms with E-state index >= 15 is 0 Å². The van der Waals surface area contributed by atoms with E-state index in [-0.39, 0.29) is 23.9 Å². The third-order valence-corrected chi connectivity index (χ3v) is 4.29. The number of nitrogens with one attached hydrogen (secondary N) is 2. The van der Waals surface area contributed by atoms with Crippen molar-refractivity contribution in [1.82, 2.24) is 10.6 Å². The number of fused-ring (bicyclic) bond motifs is 2. The molecule has 108 valence electrons. The van der Waals surface area contributed by atoms with Gasteiger partial charge in [0.15, 0.2) is 0 Å². The predicted octanol–water partition coefficient (Wildman–Crippen LogP) is 1.84. The molecule has 4 heteroatoms. The molecule has 0 saturated heterocycles. The molecule has 0 spiro atoms. The van der Waals surface area contributed by atoms with Crippen LogP contribution in [0.5, 0.6) is 0 Å². The third kappa shape index (κ3) is 4.22. The zero-order valence-electron chi connectivity index (χ0n) is 12.3. The summed E-state index contributed by atoms with van der Waals surface area (Å²) in [5.41, 5.74) is -0.244. The van der Waals surface area contributed by atoms with E-state index in [1.54, 1.807) is 0 Å². The second kappa shape index (κ2) is 5.51. The largest absolute Gasteiger partial charge is 0.350 e. The minimum atomic E-state index is -0.244. The Kier molecular flexibility index (Phi) is 4.16. The first kappa shape index (κ1) is 14.4. The minimum Gasteiger partial charge on any atom is -0.350 e. The molecule has 19 heavy (non-hydrogen) atoms. The average molecular weight is 266 g/mol. The molecular weight excluding hydrogens is 240 g/mol. The summed E-state index contributed by atoms with van der Waals surface area (Å²) in [5, 5.41) is 5.58. The van der Waals surface area contributed by atoms with Gasteiger partial charge in [0.1, 0.15) is 0 Å². The maximum atomic E-state index is 11.9. The van der Waals surface area contributed by atoms with Crippen LogP contribution in [0, 0.1) is 17.8 Å². The number of hydrogen-bond acceptors (Lipinski definition) is 2. The molecule has 0 aromatic rings. The van der Waals surface area contributed by atoms with Crippen molar-refractivity contribution in [3.8, 4) is 0 Å². The van der Waals surface area contributed by atoms with Gasteiger partial charge in [-0.1, -0.05) is 6.42 Å². The lowest BCUT2D eigenvalue weighted by molar-refractivity contribution is -0.127. The van der Waals surface area contributed by atoms with Crippen LogP contribution in [0.1, 0.15) is 52.9 Å². The van der Waals surface area contributed by atoms with Gasteiger partial charge in [0, 0.05) is 12.0 Å². The number of carbonyl (C=O) groups excluding carboxylic acids is 2. The summed E-state index contributed by atoms with van der Waals surface area (Å²) in [7, 11) is 0. The van der Waals surface area contributed by atoms with E-state index in [4.69, 9.17) is 0 Å². The van der Waals surface area contributed by atoms with Crippen LogP contribution >= 0.6 is 0 Å². The molecule has 2 rings (SSSR count). The molecule has 0 aromatic heterocycles. The fourth-order valence-corrected chi connectivity index (χ4v) is 3.58. The smallest absolute Gasteiger partial charge is 0.239 e. The molecule has 4 nitrogen and oxygen atoms in total. The first-order chi connectivity index (χ1) is 8.83. The van der Waals surface area contributed by atoms with Crippen molar-refractivity contribution in [2.75, 3.05) is 6.54 Å². The Morgan fingerprint density at radius 2 is 1.84 bits per heavy atom. The lowest BCUT2D eigenvalue weighted by Crippen LogP contribution is -2.46. The molecule has 2 saturated carbocycles. The standard InChI is InChI=1S/C15H26N2O2/c1-15(2,3)17-14(19)9-16-13(18)8-12-7-10-4-5-11(12)6-10/h10-12H,4-9H2,1-3H3,(H,16,18)(H,17,19)/t10-,11+,12-/m1/s1. The summed E-state index contributed by atoms with van der Waals surface area (Å²) in [4.78, 5) is 23.5. The van der Waals surface area contributed by atoms with E-state index in [9.17, 15) is 9.59 Å². The van der Waals surface area contributed by atoms with E-state index < -0.39 is 0 Å². The Balaban J connectivity index is 1.66. The number of hydrogen-bond donors (Lipinski definition) is 2. The van der Waals surface area contributed by atoms with Crippen LogP contribution in [0.3, 0.4) is 0 Å². The van der Waals surface area contributed by atoms with Crippen LogP contribution in [0.4, 0.5) is 0 Å². The Bertz CT molecular complexity index is 360. The zero-order valence-corrected chi connectivity index (χ0v) is 12.3. The number of carbonyl (C=O) groups is 2. The van der Waals surface area contributed by atoms with Crippen LogP contribution in [-0.4, -0.2) is 23.9 Å². The molecule has 0 aromatic carbocycles. The Hall–Kier alpha value is -1.06. The van der Waals surface area contributed by atoms with Crippen molar-refractivity contribution in [2.45, 2.75) is 58.4 Å². The highest BCUT2D eigenvalue weighted by molar-refractivity contribution is 5.85. The van der Waals surface area contributed by atoms with E-state index in [2.05, 4.69) is 10.6 Å². The number of rotatable bonds is 4. The topological polar surface area (TPSA) is 58.2 Å². The lowest BCUT2D eigenvalue weighted by Gasteiger charge is -2.22. The summed E-state index contributed by atoms with van der Waals surface area (Å²) < 4.78 is 0. The Morgan fingerprint density at radius 1 is 1.11 bits per heavy atom. The fraction of sp³-hybridized carbons (Fsp3) is 0.867. The van der Waals surface area contributed by atoms with E-state index in [0.29, 0.717) is 12.3 Å². The molecule has 2 amide bonds. The van der Waals surface area contributed by atoms with Gasteiger partial charge >= 0.3 is 0 Å². The minimum absolute atomic E-state index is 0.0293. The normalized spacial score (nSPS) is 29.3. The van der Waals surface area contributed by atoms with E-state index in [1.807, 2.05) is 20.8 Å². The second-order valence-corrected chi connectivity index (χ2v) is 7.21. The first-order valence-electron chi connectivity index (χ1n) is 7.41. The lowest BCUT2D eigenvalue weighted by atomic mass is 9.86. The van der Waals surface area contributed by atoms with Crippen molar-refractivity contribution in [1.29, 1.82) is 0 Å². The first-order valence-corrected chi connectivity index (χ1v) is 7.41. The summed E-state index contributed by atoms with van der Waals surface area (Å²) >= 11 is 0. The summed E-state index contributed by atoms with van der Waals surface area (Å²) in [5.74, 6) is 2.10. The second-order valence-electron chi connectivity index (χ2n) is 7.21. The summed E-state index contributed by atoms with van der Waals surface area (Å²) in [6.07, 6.45) is 5.79. The molecule has 0 radical (unpaired) electrons. The molecule has 0 heterocycles. The maximum absolute atomic E-state index is 11.9. The average Bonchev–Trinajstić information content (AvgIpc) is 2.85. The molecular formula is C15H26N2O2. The van der Waals surface area contributed by atoms with Gasteiger partial charge in [-0.15, -0.1) is 0 Å². The highest BCUT2D eigenvalue weighted by Gasteiger charge is 2.40. The number of amides is 2. The monoisotopic (exact) mass is 266 g/mol. The van der Waals surface area contributed by atoms with Crippen molar-refractivity contribution in [3.05, 3.63) is 0 Å². The molecule has 2 aliphatic rings. The van der Waals surface area contributed by atoms with Crippen molar-refractivity contribution < 1.29 is 9.59 Å². The van der Waals surface area contributed by atoms with Gasteiger partial charge in [0.05, 0.1) is 6.54 Å². The van der Waals surface area contributed by atoms with E-state index in [0.717, 1.165) is 11.8 Å². The van der Waals surface area contributed by atoms with Crippen LogP contribution in [0.2, 0.25) is 0 Å². The maximum Gasteiger partial charge on any atom is 0.239 e. The molecule has 2 fully saturated rings. The molecule has 0 unspecified atom stereocenters. The fourth-order valence-electron chi connectivity index (χ4n) is 3.58. The van der Waals surface area contributed by atoms with Gasteiger partial charge in [0.2, 0.25) is 11.8 Å². The van der Waals surface area contributed by atoms with Crippen LogP contribution in [-0.2, 0) is 9.59 Å². The summed E-state index contributed by atoms with van der Waals surface area (Å²) in [6.45, 7) is 5.89. The van der Waals surface area contributed by atoms with Crippen molar-refractivity contribution >= 4 is 11.8 Å². The Labute approximate surface area is 115 Å². The SMILES string of the molecule is CC(C)(C)NC(=O)CNC(=O)C[C@H]1C[C@@H]2CC[C@H]1C2. The van der Waals surface area contributed by atoms with Gasteiger partial charge in [-0.3, -0.25) is 9.59 Å². The molecule has 2 N–H and O–H groups in total. The van der Waals surface area contributed by atoms with E-state index in [1.165, 1.54) is 25.7 Å². The van der Waals surface area contributed by atoms with Crippen molar-refractivity contribution in [2.24, 2.45) is 17.8 Å². The predicted molar refractivity (Wildman–Crippen MR) is 74.5 cm³/mol. The molecule has 2 aliphatic carbocycles. The third-order valence-electron chi connectivity index (χ3n) is 4.29. The molecule has 2 bridgehead atoms. The van der Waals surface area contributed by atoms with Gasteiger partial charge in [-0.25, -0.2) is 0 Å². The highest BCUT2D eigenvalue weighted by Crippen LogP contribution is 2.49. The molecule has 0 aliphatic heterocycles. The van der Waals surface area contributed by atoms with Crippen LogP contribution in [0.25, 0.3) is 0 Å². The van der Waals surface area contributed by atoms with Gasteiger partial charge in [0.25, 0.3) is 0 Å². The van der Waals surface area contributed by atoms with Gasteiger partial charge in [-0.05, 0) is 57.8 Å².